The van der Waals surface area contributed by atoms with Crippen molar-refractivity contribution in [2.24, 2.45) is 0 Å². The van der Waals surface area contributed by atoms with Gasteiger partial charge in [0.1, 0.15) is 5.82 Å². The number of piperazine rings is 1. The van der Waals surface area contributed by atoms with E-state index in [1.54, 1.807) is 18.5 Å². The van der Waals surface area contributed by atoms with Gasteiger partial charge in [0.05, 0.1) is 23.7 Å². The second-order valence-corrected chi connectivity index (χ2v) is 6.84. The normalized spacial score (nSPS) is 15.3. The second kappa shape index (κ2) is 7.70. The number of nitrogen functional groups attached to an aromatic ring is 1. The minimum atomic E-state index is 0.0120. The second-order valence-electron chi connectivity index (χ2n) is 6.84. The van der Waals surface area contributed by atoms with Crippen LogP contribution >= 0.6 is 0 Å². The maximum Gasteiger partial charge on any atom is 0.214 e. The highest BCUT2D eigenvalue weighted by atomic mass is 16.5. The fraction of sp³-hybridized carbons (Fsp3) is 0.421. The molecule has 7 heteroatoms. The first-order valence-corrected chi connectivity index (χ1v) is 8.85. The van der Waals surface area contributed by atoms with Crippen molar-refractivity contribution in [1.82, 2.24) is 14.9 Å². The lowest BCUT2D eigenvalue weighted by molar-refractivity contribution is 0.232. The monoisotopic (exact) mass is 354 g/mol. The van der Waals surface area contributed by atoms with Crippen molar-refractivity contribution in [2.75, 3.05) is 43.9 Å². The number of aromatic nitrogens is 2. The van der Waals surface area contributed by atoms with Crippen molar-refractivity contribution in [3.8, 4) is 5.88 Å². The van der Waals surface area contributed by atoms with Crippen LogP contribution in [0.1, 0.15) is 25.0 Å². The van der Waals surface area contributed by atoms with Gasteiger partial charge in [0.25, 0.3) is 0 Å². The first-order valence-electron chi connectivity index (χ1n) is 8.85. The molecule has 3 N–H and O–H groups in total. The fourth-order valence-corrected chi connectivity index (χ4v) is 2.91. The number of likely N-dealkylation sites (N-methyl/N-ethyl adjacent to an activating group) is 1. The molecule has 1 aliphatic heterocycles. The number of nitrogens with one attached hydrogen (secondary N) is 1. The fourth-order valence-electron chi connectivity index (χ4n) is 2.91. The maximum absolute atomic E-state index is 8.62. The lowest BCUT2D eigenvalue weighted by Gasteiger charge is -2.33. The number of anilines is 2. The molecule has 0 unspecified atom stereocenters. The van der Waals surface area contributed by atoms with Crippen LogP contribution in [0.2, 0.25) is 0 Å². The number of nitrogens with two attached hydrogens (primary N) is 1. The van der Waals surface area contributed by atoms with Crippen LogP contribution in [0.4, 0.5) is 11.5 Å². The van der Waals surface area contributed by atoms with Crippen LogP contribution in [0.3, 0.4) is 0 Å². The third-order valence-corrected chi connectivity index (χ3v) is 4.40. The molecule has 0 aliphatic carbocycles. The number of pyridine rings is 2. The summed E-state index contributed by atoms with van der Waals surface area (Å²) < 4.78 is 5.64. The van der Waals surface area contributed by atoms with Crippen LogP contribution < -0.4 is 15.4 Å². The predicted molar refractivity (Wildman–Crippen MR) is 104 cm³/mol. The quantitative estimate of drug-likeness (QED) is 0.798. The van der Waals surface area contributed by atoms with E-state index >= 15 is 0 Å². The standard InChI is InChI=1S/C19H26N6O/c1-13(2)26-18-11-15(16(20)12-23-18)19(21)14-4-5-22-17(10-14)25-8-6-24(3)7-9-25/h4-5,10-13,21H,6-9,20H2,1-3H3. The molecule has 3 rings (SSSR count). The van der Waals surface area contributed by atoms with Gasteiger partial charge in [-0.2, -0.15) is 0 Å². The van der Waals surface area contributed by atoms with Crippen molar-refractivity contribution in [1.29, 1.82) is 5.41 Å². The van der Waals surface area contributed by atoms with Crippen LogP contribution in [-0.4, -0.2) is 59.9 Å². The number of rotatable bonds is 5. The van der Waals surface area contributed by atoms with Crippen molar-refractivity contribution in [3.05, 3.63) is 41.7 Å². The molecule has 0 aromatic carbocycles. The van der Waals surface area contributed by atoms with Crippen molar-refractivity contribution >= 4 is 17.2 Å². The van der Waals surface area contributed by atoms with E-state index in [0.717, 1.165) is 37.6 Å². The summed E-state index contributed by atoms with van der Waals surface area (Å²) in [5.41, 5.74) is 8.27. The molecule has 0 spiro atoms. The minimum absolute atomic E-state index is 0.0120. The zero-order valence-electron chi connectivity index (χ0n) is 15.6. The average Bonchev–Trinajstić information content (AvgIpc) is 2.63. The Labute approximate surface area is 154 Å². The summed E-state index contributed by atoms with van der Waals surface area (Å²) in [4.78, 5) is 13.2. The van der Waals surface area contributed by atoms with Gasteiger partial charge < -0.3 is 20.3 Å². The number of hydrogen-bond donors (Lipinski definition) is 2. The van der Waals surface area contributed by atoms with E-state index in [1.807, 2.05) is 26.0 Å². The van der Waals surface area contributed by atoms with Gasteiger partial charge >= 0.3 is 0 Å². The SMILES string of the molecule is CC(C)Oc1cc(C(=N)c2ccnc(N3CCN(C)CC3)c2)c(N)cn1. The smallest absolute Gasteiger partial charge is 0.214 e. The number of hydrogen-bond acceptors (Lipinski definition) is 7. The van der Waals surface area contributed by atoms with Gasteiger partial charge in [-0.1, -0.05) is 0 Å². The molecule has 3 heterocycles. The summed E-state index contributed by atoms with van der Waals surface area (Å²) in [5, 5.41) is 8.62. The molecule has 0 atom stereocenters. The Kier molecular flexibility index (Phi) is 5.37. The molecule has 2 aromatic rings. The molecule has 0 saturated carbocycles. The third kappa shape index (κ3) is 4.11. The van der Waals surface area contributed by atoms with Crippen LogP contribution in [0.25, 0.3) is 0 Å². The molecule has 0 bridgehead atoms. The van der Waals surface area contributed by atoms with E-state index in [0.29, 0.717) is 22.8 Å². The summed E-state index contributed by atoms with van der Waals surface area (Å²) in [7, 11) is 2.12. The summed E-state index contributed by atoms with van der Waals surface area (Å²) in [6.07, 6.45) is 3.31. The van der Waals surface area contributed by atoms with E-state index in [4.69, 9.17) is 15.9 Å². The maximum atomic E-state index is 8.62. The highest BCUT2D eigenvalue weighted by molar-refractivity contribution is 6.14. The van der Waals surface area contributed by atoms with Gasteiger partial charge in [-0.15, -0.1) is 0 Å². The molecule has 1 aliphatic rings. The largest absolute Gasteiger partial charge is 0.475 e. The van der Waals surface area contributed by atoms with Crippen LogP contribution in [0, 0.1) is 5.41 Å². The Morgan fingerprint density at radius 3 is 2.62 bits per heavy atom. The minimum Gasteiger partial charge on any atom is -0.475 e. The molecule has 0 radical (unpaired) electrons. The molecule has 7 nitrogen and oxygen atoms in total. The summed E-state index contributed by atoms with van der Waals surface area (Å²) in [6.45, 7) is 7.77. The highest BCUT2D eigenvalue weighted by Crippen LogP contribution is 2.23. The highest BCUT2D eigenvalue weighted by Gasteiger charge is 2.17. The average molecular weight is 354 g/mol. The van der Waals surface area contributed by atoms with Gasteiger partial charge in [0.15, 0.2) is 0 Å². The first kappa shape index (κ1) is 18.1. The molecule has 2 aromatic heterocycles. The van der Waals surface area contributed by atoms with Gasteiger partial charge in [-0.25, -0.2) is 9.97 Å². The van der Waals surface area contributed by atoms with E-state index in [9.17, 15) is 0 Å². The Morgan fingerprint density at radius 1 is 1.19 bits per heavy atom. The van der Waals surface area contributed by atoms with E-state index < -0.39 is 0 Å². The summed E-state index contributed by atoms with van der Waals surface area (Å²) in [5.74, 6) is 1.37. The Morgan fingerprint density at radius 2 is 1.92 bits per heavy atom. The van der Waals surface area contributed by atoms with Crippen molar-refractivity contribution < 1.29 is 4.74 Å². The van der Waals surface area contributed by atoms with Crippen LogP contribution in [-0.2, 0) is 0 Å². The van der Waals surface area contributed by atoms with Crippen molar-refractivity contribution in [2.45, 2.75) is 20.0 Å². The lowest BCUT2D eigenvalue weighted by atomic mass is 10.0. The molecule has 1 saturated heterocycles. The van der Waals surface area contributed by atoms with Gasteiger partial charge in [-0.3, -0.25) is 5.41 Å². The Hall–Kier alpha value is -2.67. The zero-order valence-corrected chi connectivity index (χ0v) is 15.6. The number of ether oxygens (including phenoxy) is 1. The topological polar surface area (TPSA) is 91.4 Å². The van der Waals surface area contributed by atoms with E-state index in [2.05, 4.69) is 26.8 Å². The van der Waals surface area contributed by atoms with Crippen LogP contribution in [0.5, 0.6) is 5.88 Å². The number of nitrogens with zero attached hydrogens (tertiary/aromatic N) is 4. The third-order valence-electron chi connectivity index (χ3n) is 4.40. The van der Waals surface area contributed by atoms with Gasteiger partial charge in [-0.05, 0) is 33.0 Å². The summed E-state index contributed by atoms with van der Waals surface area (Å²) >= 11 is 0. The van der Waals surface area contributed by atoms with Gasteiger partial charge in [0.2, 0.25) is 5.88 Å². The van der Waals surface area contributed by atoms with E-state index in [1.165, 1.54) is 0 Å². The predicted octanol–water partition coefficient (Wildman–Crippen LogP) is 2.01. The Balaban J connectivity index is 1.85. The van der Waals surface area contributed by atoms with Crippen LogP contribution in [0.15, 0.2) is 30.6 Å². The molecule has 0 amide bonds. The molecule has 26 heavy (non-hydrogen) atoms. The lowest BCUT2D eigenvalue weighted by Crippen LogP contribution is -2.44. The molecular weight excluding hydrogens is 328 g/mol. The van der Waals surface area contributed by atoms with E-state index in [-0.39, 0.29) is 6.10 Å². The molecule has 138 valence electrons. The zero-order chi connectivity index (χ0) is 18.7. The molecular formula is C19H26N6O. The first-order chi connectivity index (χ1) is 12.4. The molecule has 1 fully saturated rings. The van der Waals surface area contributed by atoms with Crippen molar-refractivity contribution in [3.63, 3.8) is 0 Å². The summed E-state index contributed by atoms with van der Waals surface area (Å²) in [6, 6.07) is 5.52. The van der Waals surface area contributed by atoms with Gasteiger partial charge in [0, 0.05) is 49.6 Å². The Bertz CT molecular complexity index is 783.